The van der Waals surface area contributed by atoms with E-state index in [4.69, 9.17) is 0 Å². The molecule has 0 aliphatic carbocycles. The number of hydrogen-bond acceptors (Lipinski definition) is 5. The van der Waals surface area contributed by atoms with Gasteiger partial charge in [-0.1, -0.05) is 35.5 Å². The Hall–Kier alpha value is -1.57. The summed E-state index contributed by atoms with van der Waals surface area (Å²) in [7, 11) is -3.35. The molecule has 3 aromatic rings. The molecule has 0 unspecified atom stereocenters. The average Bonchev–Trinajstić information content (AvgIpc) is 2.91. The van der Waals surface area contributed by atoms with Gasteiger partial charge in [-0.15, -0.1) is 11.3 Å². The van der Waals surface area contributed by atoms with E-state index in [-0.39, 0.29) is 5.75 Å². The highest BCUT2D eigenvalue weighted by Gasteiger charge is 2.12. The van der Waals surface area contributed by atoms with E-state index >= 15 is 0 Å². The van der Waals surface area contributed by atoms with Crippen molar-refractivity contribution in [2.75, 3.05) is 16.2 Å². The van der Waals surface area contributed by atoms with Crippen molar-refractivity contribution in [2.24, 2.45) is 0 Å². The first-order chi connectivity index (χ1) is 11.4. The van der Waals surface area contributed by atoms with Crippen molar-refractivity contribution in [3.8, 4) is 0 Å². The second kappa shape index (κ2) is 7.13. The number of benzene rings is 2. The number of sulfonamides is 1. The van der Waals surface area contributed by atoms with Gasteiger partial charge in [0.05, 0.1) is 16.0 Å². The van der Waals surface area contributed by atoms with Crippen molar-refractivity contribution in [1.29, 1.82) is 0 Å². The van der Waals surface area contributed by atoms with E-state index in [2.05, 4.69) is 21.8 Å². The normalized spacial score (nSPS) is 11.8. The Kier molecular flexibility index (Phi) is 5.12. The van der Waals surface area contributed by atoms with Crippen LogP contribution in [0.2, 0.25) is 0 Å². The Morgan fingerprint density at radius 1 is 1.08 bits per heavy atom. The van der Waals surface area contributed by atoms with Crippen LogP contribution in [0.1, 0.15) is 11.1 Å². The minimum Gasteiger partial charge on any atom is -0.284 e. The molecule has 24 heavy (non-hydrogen) atoms. The molecule has 126 valence electrons. The SMILES string of the molecule is Cc1ccc(NS(=O)(=O)CCSc2nc3cc(C)ccc3s2)cc1. The maximum atomic E-state index is 12.2. The van der Waals surface area contributed by atoms with Gasteiger partial charge < -0.3 is 0 Å². The second-order valence-electron chi connectivity index (χ2n) is 5.59. The van der Waals surface area contributed by atoms with Crippen molar-refractivity contribution in [3.05, 3.63) is 53.6 Å². The summed E-state index contributed by atoms with van der Waals surface area (Å²) in [6.45, 7) is 4.00. The minimum absolute atomic E-state index is 0.0560. The third kappa shape index (κ3) is 4.49. The van der Waals surface area contributed by atoms with Crippen molar-refractivity contribution >= 4 is 49.0 Å². The molecule has 1 aromatic heterocycles. The van der Waals surface area contributed by atoms with Crippen molar-refractivity contribution in [1.82, 2.24) is 4.98 Å². The van der Waals surface area contributed by atoms with E-state index in [0.717, 1.165) is 20.1 Å². The molecular weight excluding hydrogens is 360 g/mol. The fourth-order valence-electron chi connectivity index (χ4n) is 2.17. The largest absolute Gasteiger partial charge is 0.284 e. The van der Waals surface area contributed by atoms with Crippen molar-refractivity contribution in [2.45, 2.75) is 18.2 Å². The van der Waals surface area contributed by atoms with Crippen LogP contribution in [0.25, 0.3) is 10.2 Å². The predicted octanol–water partition coefficient (Wildman–Crippen LogP) is 4.45. The lowest BCUT2D eigenvalue weighted by Gasteiger charge is -2.07. The van der Waals surface area contributed by atoms with Crippen LogP contribution >= 0.6 is 23.1 Å². The molecule has 0 radical (unpaired) electrons. The Bertz CT molecular complexity index is 948. The number of anilines is 1. The molecular formula is C17H18N2O2S3. The summed E-state index contributed by atoms with van der Waals surface area (Å²) < 4.78 is 28.9. The number of rotatable bonds is 6. The van der Waals surface area contributed by atoms with Gasteiger partial charge in [0.1, 0.15) is 0 Å². The van der Waals surface area contributed by atoms with Crippen molar-refractivity contribution < 1.29 is 8.42 Å². The Labute approximate surface area is 150 Å². The predicted molar refractivity (Wildman–Crippen MR) is 104 cm³/mol. The number of hydrogen-bond donors (Lipinski definition) is 1. The Morgan fingerprint density at radius 2 is 1.79 bits per heavy atom. The van der Waals surface area contributed by atoms with E-state index in [1.54, 1.807) is 23.5 Å². The van der Waals surface area contributed by atoms with Crippen molar-refractivity contribution in [3.63, 3.8) is 0 Å². The quantitative estimate of drug-likeness (QED) is 0.644. The summed E-state index contributed by atoms with van der Waals surface area (Å²) in [6.07, 6.45) is 0. The first-order valence-corrected chi connectivity index (χ1v) is 10.9. The number of nitrogens with one attached hydrogen (secondary N) is 1. The van der Waals surface area contributed by atoms with Gasteiger partial charge in [-0.05, 0) is 43.7 Å². The van der Waals surface area contributed by atoms with E-state index in [0.29, 0.717) is 11.4 Å². The zero-order valence-electron chi connectivity index (χ0n) is 13.4. The number of thiazole rings is 1. The highest BCUT2D eigenvalue weighted by atomic mass is 32.2. The Balaban J connectivity index is 1.58. The van der Waals surface area contributed by atoms with Gasteiger partial charge in [0.2, 0.25) is 10.0 Å². The van der Waals surface area contributed by atoms with Gasteiger partial charge in [-0.25, -0.2) is 13.4 Å². The summed E-state index contributed by atoms with van der Waals surface area (Å²) in [5.74, 6) is 0.528. The second-order valence-corrected chi connectivity index (χ2v) is 9.80. The molecule has 2 aromatic carbocycles. The fourth-order valence-corrected chi connectivity index (χ4v) is 5.75. The molecule has 0 saturated carbocycles. The van der Waals surface area contributed by atoms with E-state index in [1.165, 1.54) is 17.3 Å². The summed E-state index contributed by atoms with van der Waals surface area (Å²) in [4.78, 5) is 4.55. The van der Waals surface area contributed by atoms with Gasteiger partial charge in [-0.3, -0.25) is 4.72 Å². The van der Waals surface area contributed by atoms with Gasteiger partial charge in [0.15, 0.2) is 4.34 Å². The molecule has 4 nitrogen and oxygen atoms in total. The van der Waals surface area contributed by atoms with E-state index in [1.807, 2.05) is 32.0 Å². The molecule has 0 atom stereocenters. The summed E-state index contributed by atoms with van der Waals surface area (Å²) in [5.41, 5.74) is 3.85. The van der Waals surface area contributed by atoms with Crippen LogP contribution in [0.15, 0.2) is 46.8 Å². The molecule has 1 N–H and O–H groups in total. The van der Waals surface area contributed by atoms with E-state index in [9.17, 15) is 8.42 Å². The molecule has 0 fully saturated rings. The van der Waals surface area contributed by atoms with Crippen LogP contribution in [0.4, 0.5) is 5.69 Å². The zero-order chi connectivity index (χ0) is 17.2. The smallest absolute Gasteiger partial charge is 0.233 e. The standard InChI is InChI=1S/C17H18N2O2S3/c1-12-3-6-14(7-4-12)19-24(20,21)10-9-22-17-18-15-11-13(2)5-8-16(15)23-17/h3-8,11,19H,9-10H2,1-2H3. The third-order valence-corrected chi connectivity index (χ3v) is 7.15. The lowest BCUT2D eigenvalue weighted by molar-refractivity contribution is 0.602. The molecule has 0 saturated heterocycles. The van der Waals surface area contributed by atoms with Crippen LogP contribution in [0.3, 0.4) is 0 Å². The van der Waals surface area contributed by atoms with E-state index < -0.39 is 10.0 Å². The molecule has 0 aliphatic heterocycles. The number of fused-ring (bicyclic) bond motifs is 1. The fraction of sp³-hybridized carbons (Fsp3) is 0.235. The molecule has 0 aliphatic rings. The number of thioether (sulfide) groups is 1. The summed E-state index contributed by atoms with van der Waals surface area (Å²) >= 11 is 3.08. The first kappa shape index (κ1) is 17.3. The van der Waals surface area contributed by atoms with Gasteiger partial charge in [-0.2, -0.15) is 0 Å². The number of aryl methyl sites for hydroxylation is 2. The molecule has 7 heteroatoms. The lowest BCUT2D eigenvalue weighted by Crippen LogP contribution is -2.18. The molecule has 3 rings (SSSR count). The zero-order valence-corrected chi connectivity index (χ0v) is 15.9. The maximum absolute atomic E-state index is 12.2. The summed E-state index contributed by atoms with van der Waals surface area (Å²) in [5, 5.41) is 0. The molecule has 0 bridgehead atoms. The highest BCUT2D eigenvalue weighted by molar-refractivity contribution is 8.02. The summed E-state index contributed by atoms with van der Waals surface area (Å²) in [6, 6.07) is 13.5. The number of nitrogens with zero attached hydrogens (tertiary/aromatic N) is 1. The van der Waals surface area contributed by atoms with Gasteiger partial charge in [0, 0.05) is 11.4 Å². The Morgan fingerprint density at radius 3 is 2.54 bits per heavy atom. The molecule has 1 heterocycles. The first-order valence-electron chi connectivity index (χ1n) is 7.48. The number of aromatic nitrogens is 1. The van der Waals surface area contributed by atoms with Crippen LogP contribution < -0.4 is 4.72 Å². The average molecular weight is 379 g/mol. The minimum atomic E-state index is -3.35. The van der Waals surface area contributed by atoms with Gasteiger partial charge in [0.25, 0.3) is 0 Å². The van der Waals surface area contributed by atoms with Crippen LogP contribution in [0, 0.1) is 13.8 Å². The monoisotopic (exact) mass is 378 g/mol. The lowest BCUT2D eigenvalue weighted by atomic mass is 10.2. The van der Waals surface area contributed by atoms with Crippen LogP contribution in [0.5, 0.6) is 0 Å². The van der Waals surface area contributed by atoms with Gasteiger partial charge >= 0.3 is 0 Å². The maximum Gasteiger partial charge on any atom is 0.233 e. The third-order valence-electron chi connectivity index (χ3n) is 3.43. The van der Waals surface area contributed by atoms with Crippen LogP contribution in [-0.2, 0) is 10.0 Å². The molecule has 0 spiro atoms. The molecule has 0 amide bonds. The topological polar surface area (TPSA) is 59.1 Å². The van der Waals surface area contributed by atoms with Crippen LogP contribution in [-0.4, -0.2) is 24.9 Å². The highest BCUT2D eigenvalue weighted by Crippen LogP contribution is 2.30.